The molecular weight excluding hydrogens is 284 g/mol. The fourth-order valence-electron chi connectivity index (χ4n) is 3.07. The van der Waals surface area contributed by atoms with Crippen LogP contribution in [0.5, 0.6) is 0 Å². The summed E-state index contributed by atoms with van der Waals surface area (Å²) >= 11 is 0. The Labute approximate surface area is 127 Å². The van der Waals surface area contributed by atoms with Gasteiger partial charge in [0.15, 0.2) is 0 Å². The first-order valence-corrected chi connectivity index (χ1v) is 9.24. The smallest absolute Gasteiger partial charge is 0.150 e. The zero-order valence-electron chi connectivity index (χ0n) is 12.6. The van der Waals surface area contributed by atoms with Crippen molar-refractivity contribution in [3.63, 3.8) is 0 Å². The van der Waals surface area contributed by atoms with Crippen molar-refractivity contribution in [2.24, 2.45) is 0 Å². The van der Waals surface area contributed by atoms with Gasteiger partial charge in [0.1, 0.15) is 9.84 Å². The van der Waals surface area contributed by atoms with E-state index in [1.165, 1.54) is 6.26 Å². The molecule has 114 valence electrons. The van der Waals surface area contributed by atoms with Gasteiger partial charge < -0.3 is 0 Å². The van der Waals surface area contributed by atoms with Gasteiger partial charge in [0.2, 0.25) is 0 Å². The Hall–Kier alpha value is -1.38. The Morgan fingerprint density at radius 3 is 2.81 bits per heavy atom. The lowest BCUT2D eigenvalue weighted by molar-refractivity contribution is 0.186. The van der Waals surface area contributed by atoms with Gasteiger partial charge in [-0.15, -0.1) is 0 Å². The van der Waals surface area contributed by atoms with Gasteiger partial charge in [-0.05, 0) is 44.0 Å². The Bertz CT molecular complexity index is 634. The van der Waals surface area contributed by atoms with E-state index in [0.717, 1.165) is 31.4 Å². The van der Waals surface area contributed by atoms with Crippen LogP contribution in [-0.4, -0.2) is 37.9 Å². The molecule has 1 aromatic rings. The number of nitrogens with zero attached hydrogens (tertiary/aromatic N) is 2. The number of sulfone groups is 1. The van der Waals surface area contributed by atoms with E-state index in [1.807, 2.05) is 25.2 Å². The summed E-state index contributed by atoms with van der Waals surface area (Å²) in [5.74, 6) is 0. The van der Waals surface area contributed by atoms with E-state index in [2.05, 4.69) is 11.0 Å². The number of hydrogen-bond acceptors (Lipinski definition) is 4. The highest BCUT2D eigenvalue weighted by Crippen LogP contribution is 2.27. The quantitative estimate of drug-likeness (QED) is 0.856. The molecule has 0 bridgehead atoms. The van der Waals surface area contributed by atoms with E-state index >= 15 is 0 Å². The topological polar surface area (TPSA) is 61.2 Å². The second-order valence-corrected chi connectivity index (χ2v) is 8.32. The number of benzene rings is 1. The molecule has 1 aliphatic carbocycles. The van der Waals surface area contributed by atoms with Gasteiger partial charge in [-0.1, -0.05) is 18.6 Å². The molecule has 0 amide bonds. The lowest BCUT2D eigenvalue weighted by Crippen LogP contribution is -2.39. The van der Waals surface area contributed by atoms with Gasteiger partial charge in [-0.2, -0.15) is 5.26 Å². The molecule has 21 heavy (non-hydrogen) atoms. The van der Waals surface area contributed by atoms with Crippen LogP contribution in [-0.2, 0) is 16.4 Å². The van der Waals surface area contributed by atoms with Crippen molar-refractivity contribution in [1.82, 2.24) is 4.90 Å². The molecule has 0 radical (unpaired) electrons. The number of nitriles is 1. The average molecular weight is 306 g/mol. The van der Waals surface area contributed by atoms with Gasteiger partial charge in [0.25, 0.3) is 0 Å². The fourth-order valence-corrected chi connectivity index (χ4v) is 4.23. The average Bonchev–Trinajstić information content (AvgIpc) is 2.46. The minimum Gasteiger partial charge on any atom is -0.299 e. The van der Waals surface area contributed by atoms with Crippen molar-refractivity contribution >= 4 is 9.84 Å². The molecular formula is C16H22N2O2S. The predicted octanol–water partition coefficient (Wildman–Crippen LogP) is 2.35. The maximum absolute atomic E-state index is 11.7. The van der Waals surface area contributed by atoms with Crippen LogP contribution in [0.4, 0.5) is 0 Å². The molecule has 4 nitrogen and oxygen atoms in total. The molecule has 1 aromatic carbocycles. The molecule has 2 unspecified atom stereocenters. The van der Waals surface area contributed by atoms with Crippen LogP contribution >= 0.6 is 0 Å². The third-order valence-electron chi connectivity index (χ3n) is 4.32. The zero-order valence-corrected chi connectivity index (χ0v) is 13.4. The fraction of sp³-hybridized carbons (Fsp3) is 0.562. The van der Waals surface area contributed by atoms with Gasteiger partial charge in [0.05, 0.1) is 16.9 Å². The first-order valence-electron chi connectivity index (χ1n) is 7.28. The second-order valence-electron chi connectivity index (χ2n) is 6.00. The van der Waals surface area contributed by atoms with Crippen molar-refractivity contribution in [3.8, 4) is 6.07 Å². The molecule has 0 saturated heterocycles. The summed E-state index contributed by atoms with van der Waals surface area (Å²) in [6.45, 7) is 0.747. The lowest BCUT2D eigenvalue weighted by Gasteiger charge is -2.34. The van der Waals surface area contributed by atoms with E-state index in [4.69, 9.17) is 5.26 Å². The molecule has 0 aromatic heterocycles. The van der Waals surface area contributed by atoms with Crippen molar-refractivity contribution < 1.29 is 8.42 Å². The van der Waals surface area contributed by atoms with Crippen LogP contribution in [0.15, 0.2) is 24.3 Å². The molecule has 5 heteroatoms. The first kappa shape index (κ1) is 16.0. The van der Waals surface area contributed by atoms with Crippen LogP contribution in [0.1, 0.15) is 36.8 Å². The maximum Gasteiger partial charge on any atom is 0.150 e. The highest BCUT2D eigenvalue weighted by molar-refractivity contribution is 7.91. The Morgan fingerprint density at radius 2 is 2.14 bits per heavy atom. The summed E-state index contributed by atoms with van der Waals surface area (Å²) < 4.78 is 23.5. The van der Waals surface area contributed by atoms with Crippen molar-refractivity contribution in [2.75, 3.05) is 13.3 Å². The van der Waals surface area contributed by atoms with Crippen LogP contribution in [0.25, 0.3) is 0 Å². The molecule has 1 aliphatic rings. The third-order valence-corrected chi connectivity index (χ3v) is 5.95. The minimum absolute atomic E-state index is 0.204. The molecule has 0 N–H and O–H groups in total. The largest absolute Gasteiger partial charge is 0.299 e. The summed E-state index contributed by atoms with van der Waals surface area (Å²) in [5.41, 5.74) is 1.76. The maximum atomic E-state index is 11.7. The summed E-state index contributed by atoms with van der Waals surface area (Å²) in [4.78, 5) is 2.22. The Morgan fingerprint density at radius 1 is 1.38 bits per heavy atom. The normalized spacial score (nSPS) is 23.0. The highest BCUT2D eigenvalue weighted by Gasteiger charge is 2.30. The molecule has 1 fully saturated rings. The summed E-state index contributed by atoms with van der Waals surface area (Å²) in [7, 11) is -0.909. The SMILES string of the molecule is CN(Cc1cccc(C#N)c1)C1CCCC(S(C)(=O)=O)C1. The van der Waals surface area contributed by atoms with Crippen LogP contribution in [0.3, 0.4) is 0 Å². The first-order chi connectivity index (χ1) is 9.90. The Kier molecular flexibility index (Phi) is 5.02. The molecule has 2 atom stereocenters. The van der Waals surface area contributed by atoms with E-state index in [1.54, 1.807) is 6.07 Å². The van der Waals surface area contributed by atoms with Crippen LogP contribution in [0.2, 0.25) is 0 Å². The minimum atomic E-state index is -2.95. The zero-order chi connectivity index (χ0) is 15.5. The van der Waals surface area contributed by atoms with E-state index < -0.39 is 9.84 Å². The van der Waals surface area contributed by atoms with E-state index in [9.17, 15) is 8.42 Å². The van der Waals surface area contributed by atoms with Gasteiger partial charge >= 0.3 is 0 Å². The summed E-state index contributed by atoms with van der Waals surface area (Å²) in [5, 5.41) is 8.73. The van der Waals surface area contributed by atoms with Crippen molar-refractivity contribution in [1.29, 1.82) is 5.26 Å². The third kappa shape index (κ3) is 4.29. The monoisotopic (exact) mass is 306 g/mol. The highest BCUT2D eigenvalue weighted by atomic mass is 32.2. The van der Waals surface area contributed by atoms with Crippen molar-refractivity contribution in [3.05, 3.63) is 35.4 Å². The number of rotatable bonds is 4. The molecule has 2 rings (SSSR count). The van der Waals surface area contributed by atoms with Crippen LogP contribution in [0, 0.1) is 11.3 Å². The summed E-state index contributed by atoms with van der Waals surface area (Å²) in [6, 6.07) is 10.0. The molecule has 0 heterocycles. The summed E-state index contributed by atoms with van der Waals surface area (Å²) in [6.07, 6.45) is 4.85. The van der Waals surface area contributed by atoms with E-state index in [0.29, 0.717) is 18.0 Å². The van der Waals surface area contributed by atoms with Gasteiger partial charge in [-0.3, -0.25) is 4.90 Å². The van der Waals surface area contributed by atoms with Crippen LogP contribution < -0.4 is 0 Å². The molecule has 0 aliphatic heterocycles. The van der Waals surface area contributed by atoms with E-state index in [-0.39, 0.29) is 5.25 Å². The molecule has 1 saturated carbocycles. The second kappa shape index (κ2) is 6.59. The van der Waals surface area contributed by atoms with Gasteiger partial charge in [0, 0.05) is 18.8 Å². The lowest BCUT2D eigenvalue weighted by atomic mass is 9.93. The Balaban J connectivity index is 2.02. The van der Waals surface area contributed by atoms with Gasteiger partial charge in [-0.25, -0.2) is 8.42 Å². The predicted molar refractivity (Wildman–Crippen MR) is 83.5 cm³/mol. The van der Waals surface area contributed by atoms with Crippen molar-refractivity contribution in [2.45, 2.75) is 43.5 Å². The molecule has 0 spiro atoms. The number of hydrogen-bond donors (Lipinski definition) is 0. The standard InChI is InChI=1S/C16H22N2O2S/c1-18(12-14-6-3-5-13(9-14)11-17)15-7-4-8-16(10-15)21(2,19)20/h3,5-6,9,15-16H,4,7-8,10,12H2,1-2H3.